The molecule has 0 saturated heterocycles. The number of halogens is 3. The van der Waals surface area contributed by atoms with Gasteiger partial charge < -0.3 is 9.84 Å². The van der Waals surface area contributed by atoms with Gasteiger partial charge >= 0.3 is 18.1 Å². The quantitative estimate of drug-likeness (QED) is 0.691. The van der Waals surface area contributed by atoms with Gasteiger partial charge in [0.1, 0.15) is 5.75 Å². The summed E-state index contributed by atoms with van der Waals surface area (Å²) in [7, 11) is 0. The topological polar surface area (TPSA) is 89.4 Å². The van der Waals surface area contributed by atoms with Gasteiger partial charge in [0.05, 0.1) is 5.56 Å². The standard InChI is InChI=1S/C11H5F3N2O4S/c12-11(13,14)5-2-1-3-6(4-5)20-10(19)8-7(9(17)18)15-16-21-8/h1-4H,(H,17,18). The second kappa shape index (κ2) is 5.48. The van der Waals surface area contributed by atoms with Crippen molar-refractivity contribution in [3.63, 3.8) is 0 Å². The maximum atomic E-state index is 12.5. The van der Waals surface area contributed by atoms with Crippen LogP contribution in [-0.2, 0) is 6.18 Å². The predicted octanol–water partition coefficient (Wildman–Crippen LogP) is 2.47. The third kappa shape index (κ3) is 3.34. The summed E-state index contributed by atoms with van der Waals surface area (Å²) >= 11 is 0.476. The number of carbonyl (C=O) groups excluding carboxylic acids is 1. The molecule has 0 aliphatic rings. The molecule has 10 heteroatoms. The van der Waals surface area contributed by atoms with Crippen molar-refractivity contribution in [1.29, 1.82) is 0 Å². The van der Waals surface area contributed by atoms with E-state index in [1.165, 1.54) is 0 Å². The molecule has 2 aromatic rings. The Morgan fingerprint density at radius 2 is 2.00 bits per heavy atom. The lowest BCUT2D eigenvalue weighted by Crippen LogP contribution is -2.13. The Bertz CT molecular complexity index is 699. The van der Waals surface area contributed by atoms with E-state index in [0.29, 0.717) is 17.6 Å². The van der Waals surface area contributed by atoms with Crippen LogP contribution >= 0.6 is 11.5 Å². The van der Waals surface area contributed by atoms with E-state index in [1.807, 2.05) is 0 Å². The zero-order chi connectivity index (χ0) is 15.6. The van der Waals surface area contributed by atoms with Gasteiger partial charge in [-0.15, -0.1) is 5.10 Å². The highest BCUT2D eigenvalue weighted by Crippen LogP contribution is 2.31. The molecular formula is C11H5F3N2O4S. The molecule has 21 heavy (non-hydrogen) atoms. The van der Waals surface area contributed by atoms with Crippen LogP contribution in [-0.4, -0.2) is 26.6 Å². The van der Waals surface area contributed by atoms with Gasteiger partial charge in [-0.05, 0) is 29.7 Å². The minimum Gasteiger partial charge on any atom is -0.476 e. The highest BCUT2D eigenvalue weighted by molar-refractivity contribution is 7.08. The lowest BCUT2D eigenvalue weighted by molar-refractivity contribution is -0.137. The van der Waals surface area contributed by atoms with Gasteiger partial charge in [-0.3, -0.25) is 0 Å². The Morgan fingerprint density at radius 3 is 2.62 bits per heavy atom. The number of ether oxygens (including phenoxy) is 1. The van der Waals surface area contributed by atoms with Crippen LogP contribution in [0.25, 0.3) is 0 Å². The summed E-state index contributed by atoms with van der Waals surface area (Å²) < 4.78 is 45.5. The lowest BCUT2D eigenvalue weighted by atomic mass is 10.2. The molecule has 1 N–H and O–H groups in total. The van der Waals surface area contributed by atoms with Gasteiger partial charge in [-0.2, -0.15) is 13.2 Å². The number of carbonyl (C=O) groups is 2. The average Bonchev–Trinajstić information content (AvgIpc) is 2.87. The maximum Gasteiger partial charge on any atom is 0.416 e. The van der Waals surface area contributed by atoms with Crippen molar-refractivity contribution in [2.24, 2.45) is 0 Å². The minimum atomic E-state index is -4.58. The van der Waals surface area contributed by atoms with Gasteiger partial charge in [-0.1, -0.05) is 10.6 Å². The zero-order valence-electron chi connectivity index (χ0n) is 9.92. The third-order valence-corrected chi connectivity index (χ3v) is 2.95. The lowest BCUT2D eigenvalue weighted by Gasteiger charge is -2.08. The Hall–Kier alpha value is -2.49. The van der Waals surface area contributed by atoms with Crippen molar-refractivity contribution in [1.82, 2.24) is 9.59 Å². The van der Waals surface area contributed by atoms with E-state index in [0.717, 1.165) is 18.2 Å². The summed E-state index contributed by atoms with van der Waals surface area (Å²) in [5.74, 6) is -2.99. The summed E-state index contributed by atoms with van der Waals surface area (Å²) in [5.41, 5.74) is -1.61. The van der Waals surface area contributed by atoms with Crippen LogP contribution in [0.4, 0.5) is 13.2 Å². The molecule has 0 radical (unpaired) electrons. The fraction of sp³-hybridized carbons (Fsp3) is 0.0909. The molecule has 6 nitrogen and oxygen atoms in total. The molecule has 0 spiro atoms. The summed E-state index contributed by atoms with van der Waals surface area (Å²) in [6.45, 7) is 0. The normalized spacial score (nSPS) is 11.2. The number of carboxylic acid groups (broad SMARTS) is 1. The van der Waals surface area contributed by atoms with Gasteiger partial charge in [0, 0.05) is 0 Å². The summed E-state index contributed by atoms with van der Waals surface area (Å²) in [4.78, 5) is 22.1. The first-order valence-corrected chi connectivity index (χ1v) is 6.01. The number of rotatable bonds is 3. The van der Waals surface area contributed by atoms with Crippen LogP contribution in [0, 0.1) is 0 Å². The van der Waals surface area contributed by atoms with Gasteiger partial charge in [-0.25, -0.2) is 9.59 Å². The van der Waals surface area contributed by atoms with Crippen molar-refractivity contribution in [2.75, 3.05) is 0 Å². The van der Waals surface area contributed by atoms with E-state index in [4.69, 9.17) is 9.84 Å². The van der Waals surface area contributed by atoms with Crippen molar-refractivity contribution in [3.8, 4) is 5.75 Å². The number of aromatic nitrogens is 2. The largest absolute Gasteiger partial charge is 0.476 e. The molecule has 1 aromatic carbocycles. The molecule has 0 aliphatic heterocycles. The molecule has 0 saturated carbocycles. The fourth-order valence-corrected chi connectivity index (χ4v) is 1.89. The van der Waals surface area contributed by atoms with Crippen molar-refractivity contribution >= 4 is 23.5 Å². The molecule has 0 atom stereocenters. The number of aromatic carboxylic acids is 1. The second-order valence-corrected chi connectivity index (χ2v) is 4.43. The summed E-state index contributed by atoms with van der Waals surface area (Å²) in [5, 5.41) is 12.0. The van der Waals surface area contributed by atoms with E-state index in [2.05, 4.69) is 9.59 Å². The molecule has 2 rings (SSSR count). The summed E-state index contributed by atoms with van der Waals surface area (Å²) in [6, 6.07) is 3.65. The smallest absolute Gasteiger partial charge is 0.416 e. The van der Waals surface area contributed by atoms with Crippen LogP contribution in [0.5, 0.6) is 5.75 Å². The van der Waals surface area contributed by atoms with Crippen LogP contribution in [0.1, 0.15) is 25.7 Å². The van der Waals surface area contributed by atoms with Crippen LogP contribution in [0.15, 0.2) is 24.3 Å². The number of hydrogen-bond donors (Lipinski definition) is 1. The average molecular weight is 318 g/mol. The van der Waals surface area contributed by atoms with Crippen molar-refractivity contribution in [3.05, 3.63) is 40.4 Å². The third-order valence-electron chi connectivity index (χ3n) is 2.25. The number of esters is 1. The molecule has 0 fully saturated rings. The van der Waals surface area contributed by atoms with Crippen LogP contribution in [0.2, 0.25) is 0 Å². The number of carboxylic acids is 1. The molecule has 0 bridgehead atoms. The first kappa shape index (κ1) is 14.9. The highest BCUT2D eigenvalue weighted by Gasteiger charge is 2.31. The van der Waals surface area contributed by atoms with E-state index < -0.39 is 34.2 Å². The van der Waals surface area contributed by atoms with Crippen LogP contribution in [0.3, 0.4) is 0 Å². The number of nitrogens with zero attached hydrogens (tertiary/aromatic N) is 2. The molecule has 110 valence electrons. The van der Waals surface area contributed by atoms with Gasteiger partial charge in [0.15, 0.2) is 10.6 Å². The number of hydrogen-bond acceptors (Lipinski definition) is 6. The monoisotopic (exact) mass is 318 g/mol. The molecule has 1 aromatic heterocycles. The molecule has 0 unspecified atom stereocenters. The van der Waals surface area contributed by atoms with E-state index >= 15 is 0 Å². The Labute approximate surface area is 118 Å². The van der Waals surface area contributed by atoms with Crippen LogP contribution < -0.4 is 4.74 Å². The van der Waals surface area contributed by atoms with Gasteiger partial charge in [0.2, 0.25) is 0 Å². The Balaban J connectivity index is 2.24. The van der Waals surface area contributed by atoms with Crippen molar-refractivity contribution in [2.45, 2.75) is 6.18 Å². The zero-order valence-corrected chi connectivity index (χ0v) is 10.7. The van der Waals surface area contributed by atoms with E-state index in [-0.39, 0.29) is 5.75 Å². The number of alkyl halides is 3. The molecular weight excluding hydrogens is 313 g/mol. The minimum absolute atomic E-state index is 0.362. The van der Waals surface area contributed by atoms with E-state index in [1.54, 1.807) is 0 Å². The highest BCUT2D eigenvalue weighted by atomic mass is 32.1. The van der Waals surface area contributed by atoms with E-state index in [9.17, 15) is 22.8 Å². The SMILES string of the molecule is O=C(O)c1nnsc1C(=O)Oc1cccc(C(F)(F)F)c1. The maximum absolute atomic E-state index is 12.5. The molecule has 0 amide bonds. The first-order chi connectivity index (χ1) is 9.79. The van der Waals surface area contributed by atoms with Crippen molar-refractivity contribution < 1.29 is 32.6 Å². The Morgan fingerprint density at radius 1 is 1.29 bits per heavy atom. The Kier molecular flexibility index (Phi) is 3.89. The number of benzene rings is 1. The van der Waals surface area contributed by atoms with Gasteiger partial charge in [0.25, 0.3) is 0 Å². The predicted molar refractivity (Wildman–Crippen MR) is 63.3 cm³/mol. The second-order valence-electron chi connectivity index (χ2n) is 3.67. The molecule has 1 heterocycles. The fourth-order valence-electron chi connectivity index (χ4n) is 1.35. The molecule has 0 aliphatic carbocycles. The first-order valence-electron chi connectivity index (χ1n) is 5.24. The summed E-state index contributed by atoms with van der Waals surface area (Å²) in [6.07, 6.45) is -4.58.